The van der Waals surface area contributed by atoms with Gasteiger partial charge in [-0.05, 0) is 0 Å². The maximum absolute atomic E-state index is 10.7. The fraction of sp³-hybridized carbons (Fsp3) is 0.714. The van der Waals surface area contributed by atoms with E-state index in [9.17, 15) is 9.59 Å². The third-order valence-corrected chi connectivity index (χ3v) is 1.31. The van der Waals surface area contributed by atoms with Crippen molar-refractivity contribution < 1.29 is 19.4 Å². The minimum atomic E-state index is -0.513. The first-order chi connectivity index (χ1) is 5.11. The van der Waals surface area contributed by atoms with Gasteiger partial charge in [-0.1, -0.05) is 6.92 Å². The summed E-state index contributed by atoms with van der Waals surface area (Å²) in [5.41, 5.74) is 0. The molecule has 1 N–H and O–H groups in total. The first-order valence-corrected chi connectivity index (χ1v) is 3.32. The number of hydrogen-bond donors (Lipinski definition) is 1. The maximum atomic E-state index is 10.7. The molecule has 4 heteroatoms. The number of ketones is 1. The van der Waals surface area contributed by atoms with E-state index in [1.165, 1.54) is 7.11 Å². The van der Waals surface area contributed by atoms with Crippen molar-refractivity contribution in [2.24, 2.45) is 5.92 Å². The van der Waals surface area contributed by atoms with Crippen molar-refractivity contribution in [1.29, 1.82) is 0 Å². The van der Waals surface area contributed by atoms with Crippen LogP contribution in [0, 0.1) is 5.92 Å². The van der Waals surface area contributed by atoms with E-state index in [0.717, 1.165) is 0 Å². The minimum Gasteiger partial charge on any atom is -0.469 e. The van der Waals surface area contributed by atoms with Crippen LogP contribution in [0.2, 0.25) is 0 Å². The molecule has 0 rings (SSSR count). The molecule has 0 spiro atoms. The summed E-state index contributed by atoms with van der Waals surface area (Å²) in [5.74, 6) is -1.23. The minimum absolute atomic E-state index is 0.0448. The highest BCUT2D eigenvalue weighted by Gasteiger charge is 2.16. The second-order valence-corrected chi connectivity index (χ2v) is 2.33. The molecule has 1 unspecified atom stereocenters. The third-order valence-electron chi connectivity index (χ3n) is 1.31. The predicted octanol–water partition coefficient (Wildman–Crippen LogP) is -0.253. The monoisotopic (exact) mass is 160 g/mol. The zero-order valence-corrected chi connectivity index (χ0v) is 6.66. The molecule has 0 aromatic heterocycles. The lowest BCUT2D eigenvalue weighted by Crippen LogP contribution is -2.18. The van der Waals surface area contributed by atoms with Crippen LogP contribution in [-0.2, 0) is 14.3 Å². The molecule has 0 aliphatic carbocycles. The molecular formula is C7H12O4. The number of aliphatic hydroxyl groups is 1. The van der Waals surface area contributed by atoms with Crippen molar-refractivity contribution in [1.82, 2.24) is 0 Å². The molecule has 1 atom stereocenters. The highest BCUT2D eigenvalue weighted by molar-refractivity contribution is 5.84. The number of methoxy groups -OCH3 is 1. The van der Waals surface area contributed by atoms with E-state index in [2.05, 4.69) is 4.74 Å². The molecule has 64 valence electrons. The number of esters is 1. The number of rotatable bonds is 4. The maximum Gasteiger partial charge on any atom is 0.308 e. The summed E-state index contributed by atoms with van der Waals surface area (Å²) in [6.07, 6.45) is 0.0448. The molecule has 0 saturated carbocycles. The number of aliphatic hydroxyl groups excluding tert-OH is 1. The second-order valence-electron chi connectivity index (χ2n) is 2.33. The van der Waals surface area contributed by atoms with Gasteiger partial charge in [-0.2, -0.15) is 0 Å². The van der Waals surface area contributed by atoms with Gasteiger partial charge >= 0.3 is 5.97 Å². The smallest absolute Gasteiger partial charge is 0.308 e. The topological polar surface area (TPSA) is 63.6 Å². The lowest BCUT2D eigenvalue weighted by atomic mass is 10.1. The summed E-state index contributed by atoms with van der Waals surface area (Å²) >= 11 is 0. The summed E-state index contributed by atoms with van der Waals surface area (Å²) in [6, 6.07) is 0. The molecule has 0 bridgehead atoms. The molecule has 0 amide bonds. The van der Waals surface area contributed by atoms with Crippen LogP contribution >= 0.6 is 0 Å². The molecule has 4 nitrogen and oxygen atoms in total. The normalized spacial score (nSPS) is 12.3. The molecule has 11 heavy (non-hydrogen) atoms. The Morgan fingerprint density at radius 1 is 1.55 bits per heavy atom. The highest BCUT2D eigenvalue weighted by Crippen LogP contribution is 2.03. The Hall–Kier alpha value is -0.900. The quantitative estimate of drug-likeness (QED) is 0.576. The van der Waals surface area contributed by atoms with Crippen molar-refractivity contribution in [3.63, 3.8) is 0 Å². The standard InChI is InChI=1S/C7H12O4/c1-5(7(10)11-2)3-6(9)4-8/h5,8H,3-4H2,1-2H3. The molecule has 0 saturated heterocycles. The molecule has 0 heterocycles. The van der Waals surface area contributed by atoms with Crippen LogP contribution in [0.1, 0.15) is 13.3 Å². The van der Waals surface area contributed by atoms with Crippen LogP contribution in [-0.4, -0.2) is 30.6 Å². The van der Waals surface area contributed by atoms with Crippen LogP contribution in [0.4, 0.5) is 0 Å². The Balaban J connectivity index is 3.77. The van der Waals surface area contributed by atoms with Gasteiger partial charge in [0.1, 0.15) is 6.61 Å². The fourth-order valence-electron chi connectivity index (χ4n) is 0.691. The lowest BCUT2D eigenvalue weighted by Gasteiger charge is -2.05. The van der Waals surface area contributed by atoms with Crippen molar-refractivity contribution in [3.05, 3.63) is 0 Å². The van der Waals surface area contributed by atoms with E-state index < -0.39 is 18.5 Å². The Bertz CT molecular complexity index is 153. The summed E-state index contributed by atoms with van der Waals surface area (Å²) in [6.45, 7) is 1.07. The first kappa shape index (κ1) is 10.1. The van der Waals surface area contributed by atoms with Crippen LogP contribution in [0.3, 0.4) is 0 Å². The molecule has 0 aromatic rings. The Morgan fingerprint density at radius 3 is 2.45 bits per heavy atom. The van der Waals surface area contributed by atoms with Gasteiger partial charge in [0.2, 0.25) is 0 Å². The van der Waals surface area contributed by atoms with Crippen molar-refractivity contribution in [3.8, 4) is 0 Å². The van der Waals surface area contributed by atoms with Crippen molar-refractivity contribution in [2.45, 2.75) is 13.3 Å². The number of carbonyl (C=O) groups excluding carboxylic acids is 2. The zero-order chi connectivity index (χ0) is 8.85. The lowest BCUT2D eigenvalue weighted by molar-refractivity contribution is -0.146. The second kappa shape index (κ2) is 4.85. The van der Waals surface area contributed by atoms with Gasteiger partial charge < -0.3 is 9.84 Å². The molecule has 0 aromatic carbocycles. The van der Waals surface area contributed by atoms with E-state index in [-0.39, 0.29) is 12.2 Å². The first-order valence-electron chi connectivity index (χ1n) is 3.32. The Kier molecular flexibility index (Phi) is 4.45. The molecule has 0 fully saturated rings. The van der Waals surface area contributed by atoms with Gasteiger partial charge in [0.05, 0.1) is 13.0 Å². The van der Waals surface area contributed by atoms with Crippen molar-refractivity contribution in [2.75, 3.05) is 13.7 Å². The SMILES string of the molecule is COC(=O)C(C)CC(=O)CO. The van der Waals surface area contributed by atoms with Gasteiger partial charge in [0, 0.05) is 6.42 Å². The van der Waals surface area contributed by atoms with E-state index >= 15 is 0 Å². The summed E-state index contributed by atoms with van der Waals surface area (Å²) in [7, 11) is 1.27. The van der Waals surface area contributed by atoms with E-state index in [1.807, 2.05) is 0 Å². The molecule has 0 radical (unpaired) electrons. The number of ether oxygens (including phenoxy) is 1. The van der Waals surface area contributed by atoms with Crippen LogP contribution in [0.25, 0.3) is 0 Å². The largest absolute Gasteiger partial charge is 0.469 e. The number of carbonyl (C=O) groups is 2. The van der Waals surface area contributed by atoms with Gasteiger partial charge in [0.15, 0.2) is 5.78 Å². The summed E-state index contributed by atoms with van der Waals surface area (Å²) < 4.78 is 4.38. The third kappa shape index (κ3) is 3.72. The Morgan fingerprint density at radius 2 is 2.09 bits per heavy atom. The van der Waals surface area contributed by atoms with Gasteiger partial charge in [-0.25, -0.2) is 0 Å². The summed E-state index contributed by atoms with van der Waals surface area (Å²) in [5, 5.41) is 8.34. The average Bonchev–Trinajstić information content (AvgIpc) is 2.02. The van der Waals surface area contributed by atoms with Gasteiger partial charge in [-0.15, -0.1) is 0 Å². The Labute approximate surface area is 65.2 Å². The fourth-order valence-corrected chi connectivity index (χ4v) is 0.691. The molecule has 0 aliphatic rings. The molecule has 0 aliphatic heterocycles. The highest BCUT2D eigenvalue weighted by atomic mass is 16.5. The van der Waals surface area contributed by atoms with Crippen molar-refractivity contribution >= 4 is 11.8 Å². The number of hydrogen-bond acceptors (Lipinski definition) is 4. The zero-order valence-electron chi connectivity index (χ0n) is 6.66. The van der Waals surface area contributed by atoms with Gasteiger partial charge in [0.25, 0.3) is 0 Å². The molecular weight excluding hydrogens is 148 g/mol. The summed E-state index contributed by atoms with van der Waals surface area (Å²) in [4.78, 5) is 21.3. The van der Waals surface area contributed by atoms with Crippen LogP contribution in [0.15, 0.2) is 0 Å². The average molecular weight is 160 g/mol. The van der Waals surface area contributed by atoms with E-state index in [4.69, 9.17) is 5.11 Å². The van der Waals surface area contributed by atoms with Crippen LogP contribution in [0.5, 0.6) is 0 Å². The van der Waals surface area contributed by atoms with E-state index in [1.54, 1.807) is 6.92 Å². The number of Topliss-reactive ketones (excluding diaryl/α,β-unsaturated/α-hetero) is 1. The predicted molar refractivity (Wildman–Crippen MR) is 37.9 cm³/mol. The van der Waals surface area contributed by atoms with E-state index in [0.29, 0.717) is 0 Å². The van der Waals surface area contributed by atoms with Crippen LogP contribution < -0.4 is 0 Å². The van der Waals surface area contributed by atoms with Gasteiger partial charge in [-0.3, -0.25) is 9.59 Å².